The Morgan fingerprint density at radius 2 is 1.71 bits per heavy atom. The van der Waals surface area contributed by atoms with Crippen LogP contribution in [-0.4, -0.2) is 29.0 Å². The first-order valence-electron chi connectivity index (χ1n) is 5.73. The number of rotatable bonds is 9. The molecule has 0 spiro atoms. The zero-order chi connectivity index (χ0) is 10.8. The zero-order valence-corrected chi connectivity index (χ0v) is 10.9. The third-order valence-corrected chi connectivity index (χ3v) is 5.25. The normalized spacial score (nSPS) is 13.5. The van der Waals surface area contributed by atoms with Gasteiger partial charge in [0.2, 0.25) is 0 Å². The van der Waals surface area contributed by atoms with Crippen molar-refractivity contribution in [2.45, 2.75) is 45.6 Å². The third kappa shape index (κ3) is 5.75. The van der Waals surface area contributed by atoms with Crippen LogP contribution in [0.4, 0.5) is 0 Å². The first-order chi connectivity index (χ1) is 6.79. The first kappa shape index (κ1) is 14.1. The van der Waals surface area contributed by atoms with Crippen LogP contribution in [0.3, 0.4) is 0 Å². The molecule has 0 rings (SSSR count). The van der Waals surface area contributed by atoms with Gasteiger partial charge in [-0.25, -0.2) is 0 Å². The molecule has 0 radical (unpaired) electrons. The largest absolute Gasteiger partial charge is 0.397 e. The van der Waals surface area contributed by atoms with Gasteiger partial charge in [0, 0.05) is 13.2 Å². The van der Waals surface area contributed by atoms with E-state index in [1.807, 2.05) is 13.8 Å². The Kier molecular flexibility index (Phi) is 9.71. The molecule has 0 aromatic heterocycles. The van der Waals surface area contributed by atoms with E-state index in [1.165, 1.54) is 0 Å². The van der Waals surface area contributed by atoms with Crippen molar-refractivity contribution in [3.63, 3.8) is 0 Å². The van der Waals surface area contributed by atoms with Crippen LogP contribution in [0.25, 0.3) is 0 Å². The summed E-state index contributed by atoms with van der Waals surface area (Å²) < 4.78 is 11.4. The van der Waals surface area contributed by atoms with Crippen LogP contribution in [0.2, 0.25) is 5.54 Å². The van der Waals surface area contributed by atoms with E-state index in [0.29, 0.717) is 5.54 Å². The van der Waals surface area contributed by atoms with Gasteiger partial charge >= 0.3 is 9.28 Å². The fourth-order valence-electron chi connectivity index (χ4n) is 1.56. The summed E-state index contributed by atoms with van der Waals surface area (Å²) in [4.78, 5) is 0. The van der Waals surface area contributed by atoms with Crippen LogP contribution in [-0.2, 0) is 8.85 Å². The van der Waals surface area contributed by atoms with Gasteiger partial charge in [0.1, 0.15) is 0 Å². The van der Waals surface area contributed by atoms with Crippen molar-refractivity contribution in [1.82, 2.24) is 0 Å². The van der Waals surface area contributed by atoms with Gasteiger partial charge in [0.05, 0.1) is 0 Å². The average molecular weight is 219 g/mol. The Labute approximate surface area is 89.8 Å². The summed E-state index contributed by atoms with van der Waals surface area (Å²) in [6, 6.07) is 0. The Hall–Kier alpha value is 0.0969. The molecule has 1 atom stereocenters. The Bertz CT molecular complexity index is 119. The van der Waals surface area contributed by atoms with E-state index < -0.39 is 9.28 Å². The van der Waals surface area contributed by atoms with Crippen LogP contribution >= 0.6 is 0 Å². The highest BCUT2D eigenvalue weighted by Gasteiger charge is 2.23. The van der Waals surface area contributed by atoms with Crippen LogP contribution in [0.1, 0.15) is 40.0 Å². The molecule has 0 saturated heterocycles. The van der Waals surface area contributed by atoms with Crippen molar-refractivity contribution >= 4 is 9.28 Å². The maximum atomic E-state index is 5.71. The molecule has 0 heterocycles. The minimum Gasteiger partial charge on any atom is -0.397 e. The summed E-state index contributed by atoms with van der Waals surface area (Å²) in [5, 5.41) is 0. The molecule has 0 amide bonds. The molecule has 2 N–H and O–H groups in total. The van der Waals surface area contributed by atoms with Crippen molar-refractivity contribution in [2.75, 3.05) is 19.8 Å². The highest BCUT2D eigenvalue weighted by Crippen LogP contribution is 2.22. The molecule has 4 heteroatoms. The predicted octanol–water partition coefficient (Wildman–Crippen LogP) is 1.80. The van der Waals surface area contributed by atoms with Crippen LogP contribution in [0, 0.1) is 0 Å². The summed E-state index contributed by atoms with van der Waals surface area (Å²) in [6.45, 7) is 8.60. The molecule has 0 saturated carbocycles. The van der Waals surface area contributed by atoms with Gasteiger partial charge in [-0.15, -0.1) is 0 Å². The predicted molar refractivity (Wildman–Crippen MR) is 62.7 cm³/mol. The second kappa shape index (κ2) is 9.64. The van der Waals surface area contributed by atoms with Crippen molar-refractivity contribution in [3.05, 3.63) is 0 Å². The highest BCUT2D eigenvalue weighted by atomic mass is 28.3. The summed E-state index contributed by atoms with van der Waals surface area (Å²) in [5.74, 6) is 0. The van der Waals surface area contributed by atoms with E-state index >= 15 is 0 Å². The second-order valence-corrected chi connectivity index (χ2v) is 5.72. The van der Waals surface area contributed by atoms with Crippen molar-refractivity contribution in [3.8, 4) is 0 Å². The van der Waals surface area contributed by atoms with Gasteiger partial charge in [0.15, 0.2) is 0 Å². The molecule has 0 aromatic rings. The molecule has 0 aromatic carbocycles. The molecule has 14 heavy (non-hydrogen) atoms. The van der Waals surface area contributed by atoms with Gasteiger partial charge < -0.3 is 14.6 Å². The molecule has 0 fully saturated rings. The standard InChI is InChI=1S/C10H25NO2Si/c1-4-10(8-7-9-11)14(12-5-2)13-6-3/h10,14H,4-9,11H2,1-3H3. The Morgan fingerprint density at radius 3 is 2.07 bits per heavy atom. The highest BCUT2D eigenvalue weighted by molar-refractivity contribution is 6.46. The average Bonchev–Trinajstić information content (AvgIpc) is 2.19. The van der Waals surface area contributed by atoms with E-state index in [1.54, 1.807) is 0 Å². The van der Waals surface area contributed by atoms with Crippen LogP contribution in [0.5, 0.6) is 0 Å². The molecular weight excluding hydrogens is 194 g/mol. The van der Waals surface area contributed by atoms with Crippen LogP contribution < -0.4 is 5.73 Å². The fraction of sp³-hybridized carbons (Fsp3) is 1.00. The first-order valence-corrected chi connectivity index (χ1v) is 7.34. The summed E-state index contributed by atoms with van der Waals surface area (Å²) in [6.07, 6.45) is 3.39. The third-order valence-electron chi connectivity index (χ3n) is 2.35. The van der Waals surface area contributed by atoms with Gasteiger partial charge in [-0.05, 0) is 38.8 Å². The molecule has 0 aliphatic rings. The van der Waals surface area contributed by atoms with Gasteiger partial charge in [-0.3, -0.25) is 0 Å². The van der Waals surface area contributed by atoms with E-state index in [2.05, 4.69) is 6.92 Å². The summed E-state index contributed by atoms with van der Waals surface area (Å²) in [7, 11) is -1.44. The minimum atomic E-state index is -1.44. The van der Waals surface area contributed by atoms with Crippen molar-refractivity contribution in [1.29, 1.82) is 0 Å². The zero-order valence-electron chi connectivity index (χ0n) is 9.79. The van der Waals surface area contributed by atoms with Crippen LogP contribution in [0.15, 0.2) is 0 Å². The van der Waals surface area contributed by atoms with E-state index in [9.17, 15) is 0 Å². The fourth-order valence-corrected chi connectivity index (χ4v) is 3.75. The topological polar surface area (TPSA) is 44.5 Å². The van der Waals surface area contributed by atoms with E-state index in [-0.39, 0.29) is 0 Å². The summed E-state index contributed by atoms with van der Waals surface area (Å²) >= 11 is 0. The Morgan fingerprint density at radius 1 is 1.14 bits per heavy atom. The van der Waals surface area contributed by atoms with Gasteiger partial charge in [-0.2, -0.15) is 0 Å². The van der Waals surface area contributed by atoms with Crippen molar-refractivity contribution < 1.29 is 8.85 Å². The lowest BCUT2D eigenvalue weighted by Gasteiger charge is -2.23. The minimum absolute atomic E-state index is 0.624. The quantitative estimate of drug-likeness (QED) is 0.601. The lowest BCUT2D eigenvalue weighted by atomic mass is 10.2. The smallest absolute Gasteiger partial charge is 0.324 e. The molecular formula is C10H25NO2Si. The summed E-state index contributed by atoms with van der Waals surface area (Å²) in [5.41, 5.74) is 6.14. The number of hydrogen-bond donors (Lipinski definition) is 1. The maximum absolute atomic E-state index is 5.71. The van der Waals surface area contributed by atoms with Gasteiger partial charge in [0.25, 0.3) is 0 Å². The Balaban J connectivity index is 3.96. The van der Waals surface area contributed by atoms with Gasteiger partial charge in [-0.1, -0.05) is 13.3 Å². The van der Waals surface area contributed by atoms with E-state index in [0.717, 1.165) is 39.0 Å². The molecule has 1 unspecified atom stereocenters. The molecule has 0 aliphatic heterocycles. The molecule has 86 valence electrons. The number of nitrogens with two attached hydrogens (primary N) is 1. The number of hydrogen-bond acceptors (Lipinski definition) is 3. The van der Waals surface area contributed by atoms with E-state index in [4.69, 9.17) is 14.6 Å². The monoisotopic (exact) mass is 219 g/mol. The van der Waals surface area contributed by atoms with Crippen molar-refractivity contribution in [2.24, 2.45) is 5.73 Å². The molecule has 0 bridgehead atoms. The lowest BCUT2D eigenvalue weighted by molar-refractivity contribution is 0.200. The molecule has 3 nitrogen and oxygen atoms in total. The SMILES string of the molecule is CCO[SiH](OCC)C(CC)CCCN. The maximum Gasteiger partial charge on any atom is 0.324 e. The second-order valence-electron chi connectivity index (χ2n) is 3.38. The molecule has 0 aliphatic carbocycles. The lowest BCUT2D eigenvalue weighted by Crippen LogP contribution is -2.29.